The van der Waals surface area contributed by atoms with Crippen molar-refractivity contribution in [2.75, 3.05) is 7.11 Å². The number of halogens is 4. The monoisotopic (exact) mass is 454 g/mol. The van der Waals surface area contributed by atoms with Gasteiger partial charge >= 0.3 is 12.1 Å². The van der Waals surface area contributed by atoms with Crippen LogP contribution in [0.15, 0.2) is 48.5 Å². The zero-order chi connectivity index (χ0) is 23.9. The number of ether oxygens (including phenoxy) is 1. The Morgan fingerprint density at radius 2 is 1.38 bits per heavy atom. The van der Waals surface area contributed by atoms with E-state index >= 15 is 0 Å². The van der Waals surface area contributed by atoms with E-state index in [2.05, 4.69) is 10.6 Å². The molecule has 2 aromatic carbocycles. The first-order valence-corrected chi connectivity index (χ1v) is 9.55. The molecular weight excluding hydrogens is 432 g/mol. The smallest absolute Gasteiger partial charge is 0.416 e. The third-order valence-electron chi connectivity index (χ3n) is 4.57. The second kappa shape index (κ2) is 10.7. The highest BCUT2D eigenvalue weighted by molar-refractivity contribution is 5.90. The van der Waals surface area contributed by atoms with Gasteiger partial charge in [0.15, 0.2) is 0 Å². The molecule has 0 unspecified atom stereocenters. The van der Waals surface area contributed by atoms with Crippen molar-refractivity contribution in [2.24, 2.45) is 0 Å². The van der Waals surface area contributed by atoms with Crippen LogP contribution in [0.4, 0.5) is 17.6 Å². The number of carbonyl (C=O) groups excluding carboxylic acids is 3. The lowest BCUT2D eigenvalue weighted by atomic mass is 10.0. The van der Waals surface area contributed by atoms with E-state index in [0.29, 0.717) is 11.1 Å². The van der Waals surface area contributed by atoms with Gasteiger partial charge in [0, 0.05) is 19.8 Å². The molecule has 172 valence electrons. The summed E-state index contributed by atoms with van der Waals surface area (Å²) in [4.78, 5) is 36.5. The average molecular weight is 454 g/mol. The maximum absolute atomic E-state index is 13.1. The van der Waals surface area contributed by atoms with Crippen molar-refractivity contribution in [3.63, 3.8) is 0 Å². The molecule has 32 heavy (non-hydrogen) atoms. The van der Waals surface area contributed by atoms with Crippen LogP contribution in [0.1, 0.15) is 23.6 Å². The molecule has 2 aromatic rings. The Bertz CT molecular complexity index is 944. The number of nitrogens with one attached hydrogen (secondary N) is 2. The predicted molar refractivity (Wildman–Crippen MR) is 107 cm³/mol. The molecule has 0 fully saturated rings. The Balaban J connectivity index is 2.17. The number of hydrogen-bond donors (Lipinski definition) is 2. The molecule has 0 aliphatic heterocycles. The summed E-state index contributed by atoms with van der Waals surface area (Å²) in [6, 6.07) is 7.21. The van der Waals surface area contributed by atoms with E-state index in [1.54, 1.807) is 0 Å². The molecule has 0 spiro atoms. The molecule has 0 radical (unpaired) electrons. The van der Waals surface area contributed by atoms with E-state index < -0.39 is 47.4 Å². The van der Waals surface area contributed by atoms with Gasteiger partial charge < -0.3 is 15.4 Å². The summed E-state index contributed by atoms with van der Waals surface area (Å²) in [6.45, 7) is 1.21. The Kier molecular flexibility index (Phi) is 8.34. The quantitative estimate of drug-likeness (QED) is 0.475. The largest absolute Gasteiger partial charge is 0.467 e. The third-order valence-corrected chi connectivity index (χ3v) is 4.57. The van der Waals surface area contributed by atoms with Gasteiger partial charge in [-0.25, -0.2) is 9.18 Å². The van der Waals surface area contributed by atoms with E-state index in [-0.39, 0.29) is 12.8 Å². The predicted octanol–water partition coefficient (Wildman–Crippen LogP) is 2.79. The first-order valence-electron chi connectivity index (χ1n) is 9.55. The highest BCUT2D eigenvalue weighted by atomic mass is 19.4. The number of hydrogen-bond acceptors (Lipinski definition) is 4. The van der Waals surface area contributed by atoms with E-state index in [9.17, 15) is 31.9 Å². The Labute approximate surface area is 181 Å². The molecule has 2 amide bonds. The van der Waals surface area contributed by atoms with E-state index in [4.69, 9.17) is 4.74 Å². The van der Waals surface area contributed by atoms with Gasteiger partial charge in [-0.2, -0.15) is 13.2 Å². The Hall–Kier alpha value is -3.43. The van der Waals surface area contributed by atoms with E-state index in [1.807, 2.05) is 0 Å². The molecule has 0 saturated carbocycles. The fraction of sp³-hybridized carbons (Fsp3) is 0.318. The zero-order valence-electron chi connectivity index (χ0n) is 17.3. The summed E-state index contributed by atoms with van der Waals surface area (Å²) in [5, 5.41) is 4.94. The normalized spacial score (nSPS) is 13.1. The Morgan fingerprint density at radius 1 is 0.875 bits per heavy atom. The van der Waals surface area contributed by atoms with Crippen molar-refractivity contribution in [3.05, 3.63) is 71.0 Å². The van der Waals surface area contributed by atoms with Crippen LogP contribution >= 0.6 is 0 Å². The Morgan fingerprint density at radius 3 is 1.84 bits per heavy atom. The van der Waals surface area contributed by atoms with Crippen LogP contribution in [-0.2, 0) is 38.1 Å². The first-order chi connectivity index (χ1) is 15.0. The highest BCUT2D eigenvalue weighted by Crippen LogP contribution is 2.29. The summed E-state index contributed by atoms with van der Waals surface area (Å²) >= 11 is 0. The van der Waals surface area contributed by atoms with Crippen molar-refractivity contribution in [1.82, 2.24) is 10.6 Å². The topological polar surface area (TPSA) is 84.5 Å². The van der Waals surface area contributed by atoms with Gasteiger partial charge in [-0.15, -0.1) is 0 Å². The fourth-order valence-corrected chi connectivity index (χ4v) is 2.98. The number of rotatable bonds is 8. The third kappa shape index (κ3) is 7.36. The molecular formula is C22H22F4N2O4. The summed E-state index contributed by atoms with van der Waals surface area (Å²) in [5.74, 6) is -2.46. The van der Waals surface area contributed by atoms with Crippen molar-refractivity contribution < 1.29 is 36.7 Å². The van der Waals surface area contributed by atoms with Gasteiger partial charge in [0.25, 0.3) is 0 Å². The van der Waals surface area contributed by atoms with Crippen molar-refractivity contribution in [2.45, 2.75) is 38.0 Å². The van der Waals surface area contributed by atoms with Crippen LogP contribution in [-0.4, -0.2) is 37.0 Å². The average Bonchev–Trinajstić information content (AvgIpc) is 2.73. The number of alkyl halides is 3. The minimum Gasteiger partial charge on any atom is -0.467 e. The second-order valence-electron chi connectivity index (χ2n) is 7.07. The highest BCUT2D eigenvalue weighted by Gasteiger charge is 2.31. The number of carbonyl (C=O) groups is 3. The molecule has 2 rings (SSSR count). The van der Waals surface area contributed by atoms with Crippen molar-refractivity contribution in [3.8, 4) is 0 Å². The molecule has 0 aliphatic carbocycles. The molecule has 10 heteroatoms. The van der Waals surface area contributed by atoms with Crippen LogP contribution in [0.3, 0.4) is 0 Å². The number of methoxy groups -OCH3 is 1. The molecule has 0 aromatic heterocycles. The first kappa shape index (κ1) is 24.8. The number of amides is 2. The van der Waals surface area contributed by atoms with Crippen molar-refractivity contribution >= 4 is 17.8 Å². The van der Waals surface area contributed by atoms with E-state index in [1.165, 1.54) is 43.3 Å². The van der Waals surface area contributed by atoms with Crippen molar-refractivity contribution in [1.29, 1.82) is 0 Å². The van der Waals surface area contributed by atoms with Gasteiger partial charge in [0.1, 0.15) is 17.9 Å². The maximum atomic E-state index is 13.1. The molecule has 0 heterocycles. The lowest BCUT2D eigenvalue weighted by Gasteiger charge is -2.22. The molecule has 2 atom stereocenters. The number of esters is 1. The summed E-state index contributed by atoms with van der Waals surface area (Å²) < 4.78 is 56.1. The van der Waals surface area contributed by atoms with Crippen LogP contribution in [0, 0.1) is 5.82 Å². The standard InChI is InChI=1S/C22H22F4N2O4/c1-13(29)27-18(11-15-5-9-17(23)10-6-15)20(30)28-19(21(31)32-2)12-14-3-7-16(8-4-14)22(24,25)26/h3-10,18-19H,11-12H2,1-2H3,(H,27,29)(H,28,30)/t18-,19-/m0/s1. The molecule has 0 aliphatic rings. The molecule has 2 N–H and O–H groups in total. The minimum atomic E-state index is -4.50. The molecule has 0 saturated heterocycles. The van der Waals surface area contributed by atoms with Gasteiger partial charge in [0.2, 0.25) is 11.8 Å². The van der Waals surface area contributed by atoms with Gasteiger partial charge in [-0.1, -0.05) is 24.3 Å². The lowest BCUT2D eigenvalue weighted by molar-refractivity contribution is -0.145. The number of benzene rings is 2. The fourth-order valence-electron chi connectivity index (χ4n) is 2.98. The van der Waals surface area contributed by atoms with Crippen LogP contribution in [0.2, 0.25) is 0 Å². The summed E-state index contributed by atoms with van der Waals surface area (Å²) in [6.07, 6.45) is -4.60. The second-order valence-corrected chi connectivity index (χ2v) is 7.07. The van der Waals surface area contributed by atoms with Gasteiger partial charge in [-0.3, -0.25) is 9.59 Å². The van der Waals surface area contributed by atoms with Crippen LogP contribution < -0.4 is 10.6 Å². The minimum absolute atomic E-state index is 0.0276. The molecule has 0 bridgehead atoms. The zero-order valence-corrected chi connectivity index (χ0v) is 17.3. The van der Waals surface area contributed by atoms with Crippen LogP contribution in [0.25, 0.3) is 0 Å². The van der Waals surface area contributed by atoms with Gasteiger partial charge in [-0.05, 0) is 35.4 Å². The van der Waals surface area contributed by atoms with Crippen LogP contribution in [0.5, 0.6) is 0 Å². The maximum Gasteiger partial charge on any atom is 0.416 e. The van der Waals surface area contributed by atoms with E-state index in [0.717, 1.165) is 19.2 Å². The summed E-state index contributed by atoms with van der Waals surface area (Å²) in [7, 11) is 1.11. The molecule has 6 nitrogen and oxygen atoms in total. The lowest BCUT2D eigenvalue weighted by Crippen LogP contribution is -2.53. The summed E-state index contributed by atoms with van der Waals surface area (Å²) in [5.41, 5.74) is 0.0888. The SMILES string of the molecule is COC(=O)[C@H](Cc1ccc(C(F)(F)F)cc1)NC(=O)[C@H](Cc1ccc(F)cc1)NC(C)=O. The van der Waals surface area contributed by atoms with Gasteiger partial charge in [0.05, 0.1) is 12.7 Å².